The number of hydrogen-bond donors (Lipinski definition) is 8. The van der Waals surface area contributed by atoms with Crippen LogP contribution < -0.4 is 32.1 Å². The SMILES string of the molecule is CC1(C)C2=[N+](CCCCCC(=O)NCC(C(=O)NCCCCCC(=O)NN)NC(=O)CCCCCC3(C)/C(=C/C=C2)N(CCCS(=O)(=O)O)c2ccc(S(=O)(=O)O)cc23)c2ccc(SOOO)cc21. The summed E-state index contributed by atoms with van der Waals surface area (Å²) in [5.41, 5.74) is 5.41. The molecule has 380 valence electrons. The third kappa shape index (κ3) is 15.1. The number of carbonyl (C=O) groups is 4. The van der Waals surface area contributed by atoms with Crippen LogP contribution in [0.4, 0.5) is 11.4 Å². The first-order chi connectivity index (χ1) is 32.7. The summed E-state index contributed by atoms with van der Waals surface area (Å²) in [6, 6.07) is 9.03. The largest absolute Gasteiger partial charge is 0.354 e. The number of nitrogens with one attached hydrogen (secondary N) is 4. The molecule has 0 spiro atoms. The summed E-state index contributed by atoms with van der Waals surface area (Å²) in [5, 5.41) is 21.1. The van der Waals surface area contributed by atoms with Crippen LogP contribution in [-0.2, 0) is 59.6 Å². The van der Waals surface area contributed by atoms with Crippen molar-refractivity contribution in [2.45, 2.75) is 137 Å². The van der Waals surface area contributed by atoms with E-state index in [0.29, 0.717) is 93.4 Å². The molecule has 0 aromatic heterocycles. The Labute approximate surface area is 408 Å². The van der Waals surface area contributed by atoms with Crippen LogP contribution >= 0.6 is 12.0 Å². The van der Waals surface area contributed by atoms with E-state index in [4.69, 9.17) is 15.4 Å². The summed E-state index contributed by atoms with van der Waals surface area (Å²) in [6.07, 6.45) is 12.1. The van der Waals surface area contributed by atoms with Crippen LogP contribution in [0.5, 0.6) is 0 Å². The average Bonchev–Trinajstić information content (AvgIpc) is 3.64. The molecule has 20 nitrogen and oxygen atoms in total. The molecule has 0 fully saturated rings. The van der Waals surface area contributed by atoms with Crippen molar-refractivity contribution in [1.29, 1.82) is 0 Å². The maximum atomic E-state index is 13.4. The number of unbranched alkanes of at least 4 members (excludes halogenated alkanes) is 2. The van der Waals surface area contributed by atoms with Gasteiger partial charge < -0.3 is 20.9 Å². The maximum absolute atomic E-state index is 13.4. The van der Waals surface area contributed by atoms with Gasteiger partial charge in [0.2, 0.25) is 29.3 Å². The maximum Gasteiger partial charge on any atom is 0.294 e. The molecule has 3 heterocycles. The molecule has 23 heteroatoms. The lowest BCUT2D eigenvalue weighted by molar-refractivity contribution is -0.438. The van der Waals surface area contributed by atoms with Crippen LogP contribution in [0.2, 0.25) is 0 Å². The van der Waals surface area contributed by atoms with Crippen molar-refractivity contribution in [3.8, 4) is 0 Å². The molecule has 2 aromatic carbocycles. The number of fused-ring (bicyclic) bond motifs is 5. The Balaban J connectivity index is 1.50. The molecule has 9 N–H and O–H groups in total. The van der Waals surface area contributed by atoms with E-state index in [-0.39, 0.29) is 61.4 Å². The van der Waals surface area contributed by atoms with Gasteiger partial charge in [-0.25, -0.2) is 11.1 Å². The van der Waals surface area contributed by atoms with Gasteiger partial charge in [-0.05, 0) is 108 Å². The van der Waals surface area contributed by atoms with Crippen LogP contribution in [0.25, 0.3) is 0 Å². The summed E-state index contributed by atoms with van der Waals surface area (Å²) in [4.78, 5) is 53.6. The predicted octanol–water partition coefficient (Wildman–Crippen LogP) is 5.03. The van der Waals surface area contributed by atoms with E-state index in [2.05, 4.69) is 44.8 Å². The van der Waals surface area contributed by atoms with Crippen molar-refractivity contribution in [3.05, 3.63) is 71.5 Å². The molecule has 2 unspecified atom stereocenters. The lowest BCUT2D eigenvalue weighted by atomic mass is 9.77. The Morgan fingerprint density at radius 3 is 2.38 bits per heavy atom. The fourth-order valence-electron chi connectivity index (χ4n) is 9.28. The van der Waals surface area contributed by atoms with Gasteiger partial charge in [-0.15, -0.1) is 4.33 Å². The summed E-state index contributed by atoms with van der Waals surface area (Å²) < 4.78 is 75.5. The minimum atomic E-state index is -4.62. The zero-order valence-corrected chi connectivity index (χ0v) is 41.8. The lowest BCUT2D eigenvalue weighted by Crippen LogP contribution is -2.52. The van der Waals surface area contributed by atoms with E-state index in [1.807, 2.05) is 48.3 Å². The minimum Gasteiger partial charge on any atom is -0.354 e. The molecule has 0 saturated heterocycles. The normalized spacial score (nSPS) is 21.5. The number of rotatable bonds is 15. The van der Waals surface area contributed by atoms with Crippen molar-refractivity contribution in [1.82, 2.24) is 21.4 Å². The number of amides is 4. The number of hydrazine groups is 1. The zero-order valence-electron chi connectivity index (χ0n) is 39.3. The van der Waals surface area contributed by atoms with Crippen molar-refractivity contribution in [2.24, 2.45) is 5.84 Å². The molecular weight excluding hydrogens is 955 g/mol. The first-order valence-corrected chi connectivity index (χ1v) is 27.0. The van der Waals surface area contributed by atoms with Crippen LogP contribution in [0.15, 0.2) is 70.1 Å². The van der Waals surface area contributed by atoms with Crippen LogP contribution in [0.3, 0.4) is 0 Å². The predicted molar refractivity (Wildman–Crippen MR) is 259 cm³/mol. The van der Waals surface area contributed by atoms with Gasteiger partial charge in [0.15, 0.2) is 5.71 Å². The monoisotopic (exact) mass is 1020 g/mol. The molecular formula is C46H66N7O13S3+. The van der Waals surface area contributed by atoms with Gasteiger partial charge in [0.05, 0.1) is 28.1 Å². The Morgan fingerprint density at radius 1 is 0.928 bits per heavy atom. The number of carbonyl (C=O) groups excluding carboxylic acids is 4. The second kappa shape index (κ2) is 24.9. The molecule has 0 saturated carbocycles. The van der Waals surface area contributed by atoms with Crippen molar-refractivity contribution in [2.75, 3.05) is 36.8 Å². The fourth-order valence-corrected chi connectivity index (χ4v) is 10.7. The van der Waals surface area contributed by atoms with E-state index in [0.717, 1.165) is 34.7 Å². The number of allylic oxidation sites excluding steroid dienone is 4. The number of hydrogen-bond acceptors (Lipinski definition) is 14. The number of nitrogens with two attached hydrogens (primary N) is 1. The van der Waals surface area contributed by atoms with Crippen molar-refractivity contribution >= 4 is 73.0 Å². The summed E-state index contributed by atoms with van der Waals surface area (Å²) >= 11 is 0.849. The molecule has 2 atom stereocenters. The standard InChI is InChI=1S/C46H65N7O13S3/c1-45(2)34-29-32(67-66-65-58)20-22-37(34)52-26-12-6-9-17-41(54)49-31-36(44(57)48-25-11-5-8-19-43(56)51-47)50-42(55)18-7-4-10-24-46(3)35-30-33(69(62,63)64)21-23-38(35)53(27-14-28-68(59,60)61)40(46)16-13-15-39(45)52/h13,15-16,20-23,29-30,36H,4-12,14,17-19,24-28,31,47H2,1-3H3,(H6-,48,49,50,51,54,55,56,57,58,59,60,61,62,63,64)/p+1. The van der Waals surface area contributed by atoms with Crippen molar-refractivity contribution < 1.29 is 64.3 Å². The van der Waals surface area contributed by atoms with E-state index in [1.54, 1.807) is 6.07 Å². The van der Waals surface area contributed by atoms with Gasteiger partial charge in [0.25, 0.3) is 20.2 Å². The van der Waals surface area contributed by atoms with Gasteiger partial charge in [-0.3, -0.25) is 33.7 Å². The highest BCUT2D eigenvalue weighted by Gasteiger charge is 2.46. The highest BCUT2D eigenvalue weighted by atomic mass is 32.2. The van der Waals surface area contributed by atoms with Gasteiger partial charge >= 0.3 is 0 Å². The van der Waals surface area contributed by atoms with Gasteiger partial charge in [-0.2, -0.15) is 21.4 Å². The summed E-state index contributed by atoms with van der Waals surface area (Å²) in [5.74, 6) is 3.25. The van der Waals surface area contributed by atoms with Crippen LogP contribution in [0, 0.1) is 0 Å². The number of benzene rings is 2. The highest BCUT2D eigenvalue weighted by molar-refractivity contribution is 7.94. The molecule has 3 aliphatic rings. The Bertz CT molecular complexity index is 2510. The zero-order chi connectivity index (χ0) is 50.4. The third-order valence-electron chi connectivity index (χ3n) is 12.9. The molecule has 4 amide bonds. The molecule has 5 rings (SSSR count). The Morgan fingerprint density at radius 2 is 1.67 bits per heavy atom. The lowest BCUT2D eigenvalue weighted by Gasteiger charge is -2.30. The second-order valence-corrected chi connectivity index (χ2v) is 22.0. The van der Waals surface area contributed by atoms with E-state index >= 15 is 0 Å². The smallest absolute Gasteiger partial charge is 0.294 e. The fraction of sp³-hybridized carbons (Fsp3) is 0.543. The van der Waals surface area contributed by atoms with Gasteiger partial charge in [0.1, 0.15) is 12.6 Å². The first-order valence-electron chi connectivity index (χ1n) is 23.2. The number of anilines is 1. The first kappa shape index (κ1) is 55.2. The summed E-state index contributed by atoms with van der Waals surface area (Å²) in [7, 11) is -8.93. The van der Waals surface area contributed by atoms with E-state index in [9.17, 15) is 45.1 Å². The second-order valence-electron chi connectivity index (χ2n) is 18.2. The van der Waals surface area contributed by atoms with Gasteiger partial charge in [0, 0.05) is 84.7 Å². The molecule has 2 aromatic rings. The number of nitrogens with zero attached hydrogens (tertiary/aromatic N) is 2. The third-order valence-corrected chi connectivity index (χ3v) is 15.1. The molecule has 0 radical (unpaired) electrons. The minimum absolute atomic E-state index is 0.0406. The van der Waals surface area contributed by atoms with Crippen LogP contribution in [-0.4, -0.2) is 103 Å². The average molecular weight is 1020 g/mol. The summed E-state index contributed by atoms with van der Waals surface area (Å²) in [6.45, 7) is 7.03. The van der Waals surface area contributed by atoms with E-state index in [1.165, 1.54) is 12.1 Å². The molecule has 0 aliphatic carbocycles. The Hall–Kier alpha value is -4.72. The molecule has 0 bridgehead atoms. The molecule has 3 aliphatic heterocycles. The van der Waals surface area contributed by atoms with Crippen LogP contribution in [0.1, 0.15) is 122 Å². The quantitative estimate of drug-likeness (QED) is 0.0170. The van der Waals surface area contributed by atoms with Gasteiger partial charge in [-0.1, -0.05) is 30.4 Å². The Kier molecular flexibility index (Phi) is 19.9. The highest BCUT2D eigenvalue weighted by Crippen LogP contribution is 2.52. The molecule has 69 heavy (non-hydrogen) atoms. The topological polar surface area (TPSA) is 296 Å². The van der Waals surface area contributed by atoms with E-state index < -0.39 is 48.8 Å². The van der Waals surface area contributed by atoms with Crippen molar-refractivity contribution in [3.63, 3.8) is 0 Å².